The Hall–Kier alpha value is -1.13. The normalized spacial score (nSPS) is 16.0. The van der Waals surface area contributed by atoms with Crippen molar-refractivity contribution in [1.82, 2.24) is 0 Å². The van der Waals surface area contributed by atoms with Gasteiger partial charge in [0.15, 0.2) is 8.32 Å². The minimum atomic E-state index is -2.00. The third-order valence-corrected chi connectivity index (χ3v) is 10.6. The lowest BCUT2D eigenvalue weighted by Crippen LogP contribution is -2.46. The van der Waals surface area contributed by atoms with E-state index in [0.29, 0.717) is 6.42 Å². The number of aliphatic hydroxyl groups is 1. The van der Waals surface area contributed by atoms with Crippen molar-refractivity contribution in [3.63, 3.8) is 0 Å². The third-order valence-electron chi connectivity index (χ3n) is 5.20. The minimum Gasteiger partial charge on any atom is -0.410 e. The fourth-order valence-electron chi connectivity index (χ4n) is 2.64. The van der Waals surface area contributed by atoms with Gasteiger partial charge in [-0.1, -0.05) is 76.8 Å². The fraction of sp³-hybridized carbons (Fsp3) is 0.565. The Labute approximate surface area is 169 Å². The molecule has 2 nitrogen and oxygen atoms in total. The van der Waals surface area contributed by atoms with E-state index in [9.17, 15) is 5.11 Å². The summed E-state index contributed by atoms with van der Waals surface area (Å²) >= 11 is 0. The predicted octanol–water partition coefficient (Wildman–Crippen LogP) is 5.98. The van der Waals surface area contributed by atoms with E-state index >= 15 is 0 Å². The van der Waals surface area contributed by atoms with Gasteiger partial charge in [-0.3, -0.25) is 0 Å². The van der Waals surface area contributed by atoms with Gasteiger partial charge in [0.2, 0.25) is 0 Å². The van der Waals surface area contributed by atoms with Gasteiger partial charge < -0.3 is 9.53 Å². The van der Waals surface area contributed by atoms with Crippen molar-refractivity contribution in [3.8, 4) is 11.5 Å². The van der Waals surface area contributed by atoms with Crippen molar-refractivity contribution < 1.29 is 9.53 Å². The van der Waals surface area contributed by atoms with Crippen LogP contribution in [0.4, 0.5) is 0 Å². The highest BCUT2D eigenvalue weighted by Gasteiger charge is 2.41. The number of rotatable bonds is 7. The maximum Gasteiger partial charge on any atom is 0.192 e. The largest absolute Gasteiger partial charge is 0.410 e. The van der Waals surface area contributed by atoms with Crippen molar-refractivity contribution >= 4 is 16.4 Å². The van der Waals surface area contributed by atoms with Crippen LogP contribution in [-0.2, 0) is 4.43 Å². The molecule has 0 heterocycles. The summed E-state index contributed by atoms with van der Waals surface area (Å²) in [4.78, 5) is 0. The molecule has 1 aromatic rings. The van der Waals surface area contributed by atoms with Crippen molar-refractivity contribution in [2.75, 3.05) is 0 Å². The molecule has 0 amide bonds. The van der Waals surface area contributed by atoms with E-state index < -0.39 is 22.5 Å². The molecule has 1 N–H and O–H groups in total. The number of aliphatic hydroxyl groups excluding tert-OH is 1. The first-order valence-corrected chi connectivity index (χ1v) is 16.2. The predicted molar refractivity (Wildman–Crippen MR) is 123 cm³/mol. The van der Waals surface area contributed by atoms with Gasteiger partial charge in [0.25, 0.3) is 0 Å². The molecule has 1 aromatic carbocycles. The average Bonchev–Trinajstić information content (AvgIpc) is 2.52. The van der Waals surface area contributed by atoms with Crippen molar-refractivity contribution in [2.24, 2.45) is 0 Å². The second-order valence-corrected chi connectivity index (χ2v) is 19.3. The summed E-state index contributed by atoms with van der Waals surface area (Å²) in [5.41, 5.74) is 4.43. The molecule has 0 fully saturated rings. The standard InChI is InChI=1S/C23H38O2Si2/c1-10-21(25-27(8,9)23(2,3)4)22(19-15-12-11-13-16-19)20(24)17-14-18-26(5,6)7/h10-13,15-16,20-22,24H,1,17H2,2-9H3/t20-,21-,22+/m1/s1. The highest BCUT2D eigenvalue weighted by Crippen LogP contribution is 2.40. The second-order valence-electron chi connectivity index (χ2n) is 9.84. The van der Waals surface area contributed by atoms with Crippen LogP contribution in [0, 0.1) is 11.5 Å². The van der Waals surface area contributed by atoms with E-state index in [-0.39, 0.29) is 17.1 Å². The number of benzene rings is 1. The van der Waals surface area contributed by atoms with Crippen molar-refractivity contribution in [2.45, 2.75) is 83.1 Å². The lowest BCUT2D eigenvalue weighted by atomic mass is 9.87. The molecule has 150 valence electrons. The maximum absolute atomic E-state index is 11.1. The highest BCUT2D eigenvalue weighted by atomic mass is 28.4. The van der Waals surface area contributed by atoms with Gasteiger partial charge in [-0.2, -0.15) is 0 Å². The summed E-state index contributed by atoms with van der Waals surface area (Å²) in [5.74, 6) is 3.06. The molecule has 3 atom stereocenters. The second kappa shape index (κ2) is 9.38. The van der Waals surface area contributed by atoms with E-state index in [1.165, 1.54) is 0 Å². The average molecular weight is 403 g/mol. The zero-order valence-corrected chi connectivity index (χ0v) is 20.5. The Bertz CT molecular complexity index is 658. The maximum atomic E-state index is 11.1. The lowest BCUT2D eigenvalue weighted by Gasteiger charge is -2.41. The molecule has 0 aliphatic heterocycles. The molecule has 0 radical (unpaired) electrons. The van der Waals surface area contributed by atoms with Crippen molar-refractivity contribution in [3.05, 3.63) is 48.6 Å². The van der Waals surface area contributed by atoms with Gasteiger partial charge >= 0.3 is 0 Å². The molecule has 0 aliphatic rings. The topological polar surface area (TPSA) is 29.5 Å². The van der Waals surface area contributed by atoms with Gasteiger partial charge in [-0.15, -0.1) is 18.0 Å². The van der Waals surface area contributed by atoms with E-state index in [1.807, 2.05) is 24.3 Å². The summed E-state index contributed by atoms with van der Waals surface area (Å²) in [6.45, 7) is 21.8. The molecular formula is C23H38O2Si2. The Morgan fingerprint density at radius 3 is 2.11 bits per heavy atom. The van der Waals surface area contributed by atoms with Crippen LogP contribution in [0.25, 0.3) is 0 Å². The Balaban J connectivity index is 3.20. The molecule has 0 spiro atoms. The number of hydrogen-bond donors (Lipinski definition) is 1. The number of hydrogen-bond acceptors (Lipinski definition) is 2. The molecule has 0 aromatic heterocycles. The summed E-state index contributed by atoms with van der Waals surface area (Å²) in [6.07, 6.45) is 1.48. The SMILES string of the molecule is C=C[C@@H](O[Si](C)(C)C(C)(C)C)[C@@H](c1ccccc1)[C@H](O)CC#C[Si](C)(C)C. The highest BCUT2D eigenvalue weighted by molar-refractivity contribution is 6.83. The van der Waals surface area contributed by atoms with Gasteiger partial charge in [0.1, 0.15) is 8.07 Å². The molecule has 1 rings (SSSR count). The van der Waals surface area contributed by atoms with Gasteiger partial charge in [0, 0.05) is 12.3 Å². The van der Waals surface area contributed by atoms with Crippen LogP contribution >= 0.6 is 0 Å². The first kappa shape index (κ1) is 23.9. The summed E-state index contributed by atoms with van der Waals surface area (Å²) in [6, 6.07) is 10.1. The van der Waals surface area contributed by atoms with Crippen LogP contribution < -0.4 is 0 Å². The fourth-order valence-corrected chi connectivity index (χ4v) is 4.55. The third kappa shape index (κ3) is 7.42. The Morgan fingerprint density at radius 2 is 1.67 bits per heavy atom. The van der Waals surface area contributed by atoms with Crippen LogP contribution in [0.1, 0.15) is 38.7 Å². The van der Waals surface area contributed by atoms with E-state index in [0.717, 1.165) is 5.56 Å². The van der Waals surface area contributed by atoms with Gasteiger partial charge in [-0.25, -0.2) is 0 Å². The zero-order chi connectivity index (χ0) is 20.9. The zero-order valence-electron chi connectivity index (χ0n) is 18.5. The van der Waals surface area contributed by atoms with E-state index in [1.54, 1.807) is 0 Å². The molecule has 0 saturated heterocycles. The first-order chi connectivity index (χ1) is 12.3. The van der Waals surface area contributed by atoms with Crippen LogP contribution in [-0.4, -0.2) is 33.7 Å². The van der Waals surface area contributed by atoms with Crippen LogP contribution in [0.2, 0.25) is 37.8 Å². The van der Waals surface area contributed by atoms with E-state index in [2.05, 4.69) is 83.7 Å². The monoisotopic (exact) mass is 402 g/mol. The van der Waals surface area contributed by atoms with Crippen LogP contribution in [0.3, 0.4) is 0 Å². The van der Waals surface area contributed by atoms with Gasteiger partial charge in [0.05, 0.1) is 12.2 Å². The molecule has 0 bridgehead atoms. The van der Waals surface area contributed by atoms with E-state index in [4.69, 9.17) is 4.43 Å². The van der Waals surface area contributed by atoms with Gasteiger partial charge in [-0.05, 0) is 23.7 Å². The lowest BCUT2D eigenvalue weighted by molar-refractivity contribution is 0.0837. The van der Waals surface area contributed by atoms with Crippen LogP contribution in [0.15, 0.2) is 43.0 Å². The van der Waals surface area contributed by atoms with Crippen LogP contribution in [0.5, 0.6) is 0 Å². The Morgan fingerprint density at radius 1 is 1.11 bits per heavy atom. The molecular weight excluding hydrogens is 364 g/mol. The van der Waals surface area contributed by atoms with Crippen molar-refractivity contribution in [1.29, 1.82) is 0 Å². The molecule has 4 heteroatoms. The minimum absolute atomic E-state index is 0.0953. The molecule has 0 aliphatic carbocycles. The quantitative estimate of drug-likeness (QED) is 0.345. The molecule has 0 saturated carbocycles. The smallest absolute Gasteiger partial charge is 0.192 e. The summed E-state index contributed by atoms with van der Waals surface area (Å²) in [5, 5.41) is 11.2. The summed E-state index contributed by atoms with van der Waals surface area (Å²) in [7, 11) is -3.46. The Kier molecular flexibility index (Phi) is 8.31. The molecule has 0 unspecified atom stereocenters. The first-order valence-electron chi connectivity index (χ1n) is 9.82. The summed E-state index contributed by atoms with van der Waals surface area (Å²) < 4.78 is 6.66. The molecule has 27 heavy (non-hydrogen) atoms.